The molecule has 0 atom stereocenters. The Morgan fingerprint density at radius 1 is 1.33 bits per heavy atom. The second kappa shape index (κ2) is 8.46. The number of carbonyl (C=O) groups excluding carboxylic acids is 1. The maximum atomic E-state index is 12.7. The van der Waals surface area contributed by atoms with Gasteiger partial charge in [-0.1, -0.05) is 12.8 Å². The zero-order valence-corrected chi connectivity index (χ0v) is 17.6. The van der Waals surface area contributed by atoms with Crippen LogP contribution in [0.4, 0.5) is 0 Å². The zero-order chi connectivity index (χ0) is 18.9. The Balaban J connectivity index is 0.00000261. The van der Waals surface area contributed by atoms with E-state index in [9.17, 15) is 13.2 Å². The quantitative estimate of drug-likeness (QED) is 0.737. The Hall–Kier alpha value is -1.16. The van der Waals surface area contributed by atoms with Crippen molar-refractivity contribution in [2.45, 2.75) is 56.0 Å². The van der Waals surface area contributed by atoms with Crippen LogP contribution in [0, 0.1) is 12.8 Å². The fourth-order valence-electron chi connectivity index (χ4n) is 3.94. The average Bonchev–Trinajstić information content (AvgIpc) is 3.23. The first-order valence-electron chi connectivity index (χ1n) is 9.30. The summed E-state index contributed by atoms with van der Waals surface area (Å²) in [6.45, 7) is 2.91. The highest BCUT2D eigenvalue weighted by Crippen LogP contribution is 2.30. The monoisotopic (exact) mass is 419 g/mol. The molecular weight excluding hydrogens is 390 g/mol. The molecule has 154 valence electrons. The largest absolute Gasteiger partial charge is 0.349 e. The van der Waals surface area contributed by atoms with E-state index in [0.29, 0.717) is 38.3 Å². The van der Waals surface area contributed by atoms with Crippen LogP contribution in [0.25, 0.3) is 0 Å². The number of carbonyl (C=O) groups is 1. The van der Waals surface area contributed by atoms with Gasteiger partial charge in [-0.05, 0) is 32.6 Å². The summed E-state index contributed by atoms with van der Waals surface area (Å²) in [6.07, 6.45) is 6.64. The van der Waals surface area contributed by atoms with Crippen LogP contribution in [0.1, 0.15) is 44.3 Å². The summed E-state index contributed by atoms with van der Waals surface area (Å²) in [6, 6.07) is 0. The summed E-state index contributed by atoms with van der Waals surface area (Å²) in [5, 5.41) is 3.24. The number of amides is 1. The maximum absolute atomic E-state index is 12.7. The number of aryl methyl sites for hydroxylation is 2. The van der Waals surface area contributed by atoms with E-state index in [1.165, 1.54) is 10.5 Å². The van der Waals surface area contributed by atoms with E-state index in [2.05, 4.69) is 10.3 Å². The van der Waals surface area contributed by atoms with Crippen molar-refractivity contribution < 1.29 is 13.2 Å². The van der Waals surface area contributed by atoms with Crippen LogP contribution in [-0.2, 0) is 21.9 Å². The van der Waals surface area contributed by atoms with Crippen LogP contribution in [0.3, 0.4) is 0 Å². The number of piperidine rings is 1. The molecule has 1 saturated heterocycles. The molecular formula is C17H30ClN5O3S. The van der Waals surface area contributed by atoms with Gasteiger partial charge in [-0.25, -0.2) is 13.4 Å². The van der Waals surface area contributed by atoms with Crippen molar-refractivity contribution in [1.82, 2.24) is 19.2 Å². The van der Waals surface area contributed by atoms with E-state index in [-0.39, 0.29) is 34.8 Å². The highest BCUT2D eigenvalue weighted by Gasteiger charge is 2.38. The minimum atomic E-state index is -3.60. The smallest absolute Gasteiger partial charge is 0.262 e. The Morgan fingerprint density at radius 3 is 2.41 bits per heavy atom. The lowest BCUT2D eigenvalue weighted by molar-refractivity contribution is -0.128. The Kier molecular flexibility index (Phi) is 6.94. The molecule has 1 aromatic rings. The van der Waals surface area contributed by atoms with Crippen LogP contribution in [0.5, 0.6) is 0 Å². The van der Waals surface area contributed by atoms with Crippen molar-refractivity contribution in [3.05, 3.63) is 12.0 Å². The first kappa shape index (κ1) is 22.1. The topological polar surface area (TPSA) is 110 Å². The maximum Gasteiger partial charge on any atom is 0.262 e. The molecule has 10 heteroatoms. The highest BCUT2D eigenvalue weighted by molar-refractivity contribution is 7.89. The van der Waals surface area contributed by atoms with Gasteiger partial charge in [0, 0.05) is 38.8 Å². The van der Waals surface area contributed by atoms with Gasteiger partial charge in [-0.2, -0.15) is 4.31 Å². The van der Waals surface area contributed by atoms with E-state index in [4.69, 9.17) is 5.73 Å². The molecule has 27 heavy (non-hydrogen) atoms. The number of nitrogens with two attached hydrogens (primary N) is 1. The summed E-state index contributed by atoms with van der Waals surface area (Å²) < 4.78 is 28.6. The highest BCUT2D eigenvalue weighted by atomic mass is 35.5. The minimum Gasteiger partial charge on any atom is -0.349 e. The number of aromatic nitrogens is 2. The SMILES string of the molecule is Cc1nc(S(=O)(=O)N2CCC(C(=O)NC3(CN)CCCC3)CC2)cn1C.Cl. The van der Waals surface area contributed by atoms with Crippen LogP contribution >= 0.6 is 12.4 Å². The van der Waals surface area contributed by atoms with E-state index in [1.807, 2.05) is 0 Å². The molecule has 0 spiro atoms. The van der Waals surface area contributed by atoms with E-state index < -0.39 is 10.0 Å². The molecule has 2 fully saturated rings. The van der Waals surface area contributed by atoms with Gasteiger partial charge in [0.05, 0.1) is 5.54 Å². The first-order chi connectivity index (χ1) is 12.3. The van der Waals surface area contributed by atoms with Gasteiger partial charge < -0.3 is 15.6 Å². The van der Waals surface area contributed by atoms with Gasteiger partial charge >= 0.3 is 0 Å². The molecule has 0 radical (unpaired) electrons. The number of nitrogens with one attached hydrogen (secondary N) is 1. The fourth-order valence-corrected chi connectivity index (χ4v) is 5.43. The summed E-state index contributed by atoms with van der Waals surface area (Å²) in [5.41, 5.74) is 5.63. The molecule has 1 amide bonds. The van der Waals surface area contributed by atoms with Crippen LogP contribution in [-0.4, -0.2) is 53.4 Å². The van der Waals surface area contributed by atoms with Gasteiger partial charge in [0.15, 0.2) is 5.03 Å². The molecule has 1 saturated carbocycles. The lowest BCUT2D eigenvalue weighted by atomic mass is 9.93. The van der Waals surface area contributed by atoms with Gasteiger partial charge in [-0.3, -0.25) is 4.79 Å². The number of rotatable bonds is 5. The molecule has 2 aliphatic rings. The van der Waals surface area contributed by atoms with Gasteiger partial charge in [0.1, 0.15) is 5.82 Å². The number of halogens is 1. The third-order valence-corrected chi connectivity index (χ3v) is 7.63. The Labute approximate surface area is 167 Å². The van der Waals surface area contributed by atoms with Crippen molar-refractivity contribution in [1.29, 1.82) is 0 Å². The van der Waals surface area contributed by atoms with Gasteiger partial charge in [0.25, 0.3) is 10.0 Å². The first-order valence-corrected chi connectivity index (χ1v) is 10.7. The lowest BCUT2D eigenvalue weighted by Gasteiger charge is -2.34. The number of imidazole rings is 1. The molecule has 3 N–H and O–H groups in total. The molecule has 0 bridgehead atoms. The van der Waals surface area contributed by atoms with Gasteiger partial charge in [0.2, 0.25) is 5.91 Å². The standard InChI is InChI=1S/C17H29N5O3S.ClH/c1-13-19-15(11-21(13)2)26(24,25)22-9-5-14(6-10-22)16(23)20-17(12-18)7-3-4-8-17;/h11,14H,3-10,12,18H2,1-2H3,(H,20,23);1H. The molecule has 1 aliphatic heterocycles. The predicted molar refractivity (Wildman–Crippen MR) is 105 cm³/mol. The average molecular weight is 420 g/mol. The normalized spacial score (nSPS) is 21.0. The summed E-state index contributed by atoms with van der Waals surface area (Å²) >= 11 is 0. The van der Waals surface area contributed by atoms with Crippen molar-refractivity contribution >= 4 is 28.3 Å². The number of hydrogen-bond donors (Lipinski definition) is 2. The molecule has 1 aliphatic carbocycles. The predicted octanol–water partition coefficient (Wildman–Crippen LogP) is 0.939. The lowest BCUT2D eigenvalue weighted by Crippen LogP contribution is -2.54. The zero-order valence-electron chi connectivity index (χ0n) is 16.0. The number of sulfonamides is 1. The Morgan fingerprint density at radius 2 is 1.93 bits per heavy atom. The van der Waals surface area contributed by atoms with E-state index >= 15 is 0 Å². The fraction of sp³-hybridized carbons (Fsp3) is 0.765. The van der Waals surface area contributed by atoms with Gasteiger partial charge in [-0.15, -0.1) is 12.4 Å². The third kappa shape index (κ3) is 4.47. The molecule has 8 nitrogen and oxygen atoms in total. The summed E-state index contributed by atoms with van der Waals surface area (Å²) in [5.74, 6) is 0.514. The second-order valence-electron chi connectivity index (χ2n) is 7.60. The van der Waals surface area contributed by atoms with E-state index in [0.717, 1.165) is 25.7 Å². The van der Waals surface area contributed by atoms with Crippen molar-refractivity contribution in [3.8, 4) is 0 Å². The van der Waals surface area contributed by atoms with E-state index in [1.54, 1.807) is 18.5 Å². The van der Waals surface area contributed by atoms with Crippen molar-refractivity contribution in [2.24, 2.45) is 18.7 Å². The number of hydrogen-bond acceptors (Lipinski definition) is 5. The van der Waals surface area contributed by atoms with Crippen molar-refractivity contribution in [2.75, 3.05) is 19.6 Å². The molecule has 0 aromatic carbocycles. The molecule has 2 heterocycles. The molecule has 3 rings (SSSR count). The van der Waals surface area contributed by atoms with Crippen LogP contribution in [0.15, 0.2) is 11.2 Å². The minimum absolute atomic E-state index is 0. The van der Waals surface area contributed by atoms with Crippen LogP contribution in [0.2, 0.25) is 0 Å². The second-order valence-corrected chi connectivity index (χ2v) is 9.48. The summed E-state index contributed by atoms with van der Waals surface area (Å²) in [7, 11) is -1.83. The molecule has 1 aromatic heterocycles. The summed E-state index contributed by atoms with van der Waals surface area (Å²) in [4.78, 5) is 16.8. The molecule has 0 unspecified atom stereocenters. The third-order valence-electron chi connectivity index (χ3n) is 5.86. The number of nitrogens with zero attached hydrogens (tertiary/aromatic N) is 3. The Bertz CT molecular complexity index is 746. The van der Waals surface area contributed by atoms with Crippen molar-refractivity contribution in [3.63, 3.8) is 0 Å². The van der Waals surface area contributed by atoms with Crippen LogP contribution < -0.4 is 11.1 Å².